The van der Waals surface area contributed by atoms with Crippen molar-refractivity contribution in [3.63, 3.8) is 0 Å². The summed E-state index contributed by atoms with van der Waals surface area (Å²) in [5, 5.41) is 2.88. The number of nitrogens with one attached hydrogen (secondary N) is 1. The number of carbonyl (C=O) groups is 1. The number of hydrogen-bond donors (Lipinski definition) is 2. The summed E-state index contributed by atoms with van der Waals surface area (Å²) in [4.78, 5) is 14.0. The normalized spacial score (nSPS) is 18.0. The predicted octanol–water partition coefficient (Wildman–Crippen LogP) is 0.804. The lowest BCUT2D eigenvalue weighted by atomic mass is 10.1. The first-order valence-electron chi connectivity index (χ1n) is 6.61. The van der Waals surface area contributed by atoms with Crippen molar-refractivity contribution in [1.82, 2.24) is 4.90 Å². The highest BCUT2D eigenvalue weighted by atomic mass is 16.5. The fourth-order valence-electron chi connectivity index (χ4n) is 2.03. The first-order valence-corrected chi connectivity index (χ1v) is 6.61. The van der Waals surface area contributed by atoms with Crippen LogP contribution in [-0.2, 0) is 16.1 Å². The number of carbonyl (C=O) groups excluding carboxylic acids is 1. The maximum absolute atomic E-state index is 11.7. The zero-order valence-electron chi connectivity index (χ0n) is 11.3. The van der Waals surface area contributed by atoms with Crippen LogP contribution < -0.4 is 11.1 Å². The van der Waals surface area contributed by atoms with E-state index >= 15 is 0 Å². The molecule has 0 unspecified atom stereocenters. The summed E-state index contributed by atoms with van der Waals surface area (Å²) in [5.41, 5.74) is 7.53. The Labute approximate surface area is 113 Å². The lowest BCUT2D eigenvalue weighted by Gasteiger charge is -2.27. The number of benzene rings is 1. The van der Waals surface area contributed by atoms with Gasteiger partial charge in [0, 0.05) is 25.3 Å². The Bertz CT molecular complexity index is 428. The van der Waals surface area contributed by atoms with Gasteiger partial charge in [-0.2, -0.15) is 0 Å². The molecule has 0 aromatic heterocycles. The molecule has 1 aliphatic heterocycles. The molecular formula is C14H21N3O2. The molecule has 5 nitrogen and oxygen atoms in total. The molecule has 1 aromatic carbocycles. The molecule has 3 N–H and O–H groups in total. The Balaban J connectivity index is 2.05. The van der Waals surface area contributed by atoms with Crippen LogP contribution in [0.2, 0.25) is 0 Å². The molecule has 19 heavy (non-hydrogen) atoms. The van der Waals surface area contributed by atoms with Gasteiger partial charge in [-0.25, -0.2) is 0 Å². The third-order valence-electron chi connectivity index (χ3n) is 3.19. The monoisotopic (exact) mass is 263 g/mol. The maximum atomic E-state index is 11.7. The third-order valence-corrected chi connectivity index (χ3v) is 3.19. The molecule has 0 saturated carbocycles. The third kappa shape index (κ3) is 4.02. The van der Waals surface area contributed by atoms with E-state index in [1.54, 1.807) is 6.92 Å². The maximum Gasteiger partial charge on any atom is 0.241 e. The zero-order chi connectivity index (χ0) is 13.7. The number of anilines is 1. The summed E-state index contributed by atoms with van der Waals surface area (Å²) in [6.07, 6.45) is 0. The van der Waals surface area contributed by atoms with Crippen LogP contribution in [-0.4, -0.2) is 43.2 Å². The van der Waals surface area contributed by atoms with Gasteiger partial charge in [0.05, 0.1) is 19.3 Å². The van der Waals surface area contributed by atoms with Gasteiger partial charge in [0.2, 0.25) is 5.91 Å². The highest BCUT2D eigenvalue weighted by Gasteiger charge is 2.14. The molecule has 5 heteroatoms. The van der Waals surface area contributed by atoms with Crippen molar-refractivity contribution in [3.05, 3.63) is 29.8 Å². The molecule has 1 atom stereocenters. The number of morpholine rings is 1. The molecule has 0 bridgehead atoms. The Morgan fingerprint density at radius 3 is 2.79 bits per heavy atom. The number of ether oxygens (including phenoxy) is 1. The Hall–Kier alpha value is -1.43. The second-order valence-corrected chi connectivity index (χ2v) is 4.82. The quantitative estimate of drug-likeness (QED) is 0.843. The molecule has 2 rings (SSSR count). The minimum Gasteiger partial charge on any atom is -0.379 e. The van der Waals surface area contributed by atoms with Crippen molar-refractivity contribution >= 4 is 11.6 Å². The van der Waals surface area contributed by atoms with Crippen LogP contribution in [0, 0.1) is 0 Å². The number of nitrogens with zero attached hydrogens (tertiary/aromatic N) is 1. The first-order chi connectivity index (χ1) is 9.16. The van der Waals surface area contributed by atoms with Crippen molar-refractivity contribution < 1.29 is 9.53 Å². The van der Waals surface area contributed by atoms with Crippen molar-refractivity contribution in [1.29, 1.82) is 0 Å². The van der Waals surface area contributed by atoms with Gasteiger partial charge in [0.15, 0.2) is 0 Å². The lowest BCUT2D eigenvalue weighted by molar-refractivity contribution is -0.117. The molecule has 104 valence electrons. The van der Waals surface area contributed by atoms with E-state index in [0.29, 0.717) is 0 Å². The van der Waals surface area contributed by atoms with Crippen LogP contribution in [0.1, 0.15) is 12.5 Å². The predicted molar refractivity (Wildman–Crippen MR) is 74.8 cm³/mol. The molecule has 0 spiro atoms. The summed E-state index contributed by atoms with van der Waals surface area (Å²) in [6.45, 7) is 5.90. The van der Waals surface area contributed by atoms with E-state index in [4.69, 9.17) is 10.5 Å². The summed E-state index contributed by atoms with van der Waals surface area (Å²) in [7, 11) is 0. The Morgan fingerprint density at radius 2 is 2.11 bits per heavy atom. The lowest BCUT2D eigenvalue weighted by Crippen LogP contribution is -2.36. The van der Waals surface area contributed by atoms with E-state index in [9.17, 15) is 4.79 Å². The van der Waals surface area contributed by atoms with Gasteiger partial charge in [-0.05, 0) is 18.6 Å². The molecule has 1 aliphatic rings. The molecule has 1 fully saturated rings. The van der Waals surface area contributed by atoms with Gasteiger partial charge in [-0.3, -0.25) is 9.69 Å². The van der Waals surface area contributed by atoms with Crippen molar-refractivity contribution in [2.24, 2.45) is 5.73 Å². The number of amides is 1. The molecule has 1 saturated heterocycles. The molecule has 0 radical (unpaired) electrons. The largest absolute Gasteiger partial charge is 0.379 e. The van der Waals surface area contributed by atoms with E-state index in [0.717, 1.165) is 44.1 Å². The topological polar surface area (TPSA) is 67.6 Å². The fourth-order valence-corrected chi connectivity index (χ4v) is 2.03. The van der Waals surface area contributed by atoms with Gasteiger partial charge in [0.25, 0.3) is 0 Å². The Morgan fingerprint density at radius 1 is 1.42 bits per heavy atom. The number of hydrogen-bond acceptors (Lipinski definition) is 4. The summed E-state index contributed by atoms with van der Waals surface area (Å²) < 4.78 is 5.34. The van der Waals surface area contributed by atoms with E-state index < -0.39 is 6.04 Å². The van der Waals surface area contributed by atoms with Gasteiger partial charge in [-0.15, -0.1) is 0 Å². The second-order valence-electron chi connectivity index (χ2n) is 4.82. The van der Waals surface area contributed by atoms with Crippen LogP contribution in [0.5, 0.6) is 0 Å². The van der Waals surface area contributed by atoms with Gasteiger partial charge in [-0.1, -0.05) is 18.2 Å². The highest BCUT2D eigenvalue weighted by molar-refractivity contribution is 5.95. The molecule has 1 amide bonds. The summed E-state index contributed by atoms with van der Waals surface area (Å²) in [5.74, 6) is -0.158. The van der Waals surface area contributed by atoms with Crippen LogP contribution in [0.3, 0.4) is 0 Å². The fraction of sp³-hybridized carbons (Fsp3) is 0.500. The summed E-state index contributed by atoms with van der Waals surface area (Å²) in [6, 6.07) is 7.34. The van der Waals surface area contributed by atoms with Crippen LogP contribution in [0.4, 0.5) is 5.69 Å². The molecule has 1 heterocycles. The van der Waals surface area contributed by atoms with E-state index in [1.165, 1.54) is 0 Å². The van der Waals surface area contributed by atoms with Gasteiger partial charge >= 0.3 is 0 Å². The molecule has 0 aliphatic carbocycles. The van der Waals surface area contributed by atoms with Crippen LogP contribution >= 0.6 is 0 Å². The number of rotatable bonds is 4. The highest BCUT2D eigenvalue weighted by Crippen LogP contribution is 2.18. The van der Waals surface area contributed by atoms with Crippen molar-refractivity contribution in [2.45, 2.75) is 19.5 Å². The molecule has 1 aromatic rings. The van der Waals surface area contributed by atoms with Crippen LogP contribution in [0.25, 0.3) is 0 Å². The summed E-state index contributed by atoms with van der Waals surface area (Å²) >= 11 is 0. The Kier molecular flexibility index (Phi) is 4.90. The molecular weight excluding hydrogens is 242 g/mol. The number of para-hydroxylation sites is 1. The van der Waals surface area contributed by atoms with E-state index in [1.807, 2.05) is 24.3 Å². The van der Waals surface area contributed by atoms with E-state index in [-0.39, 0.29) is 5.91 Å². The minimum absolute atomic E-state index is 0.158. The first kappa shape index (κ1) is 14.0. The second kappa shape index (κ2) is 6.65. The van der Waals surface area contributed by atoms with Gasteiger partial charge in [0.1, 0.15) is 0 Å². The van der Waals surface area contributed by atoms with Gasteiger partial charge < -0.3 is 15.8 Å². The minimum atomic E-state index is -0.503. The van der Waals surface area contributed by atoms with Crippen molar-refractivity contribution in [2.75, 3.05) is 31.6 Å². The average Bonchev–Trinajstić information content (AvgIpc) is 2.42. The zero-order valence-corrected chi connectivity index (χ0v) is 11.3. The smallest absolute Gasteiger partial charge is 0.241 e. The SMILES string of the molecule is C[C@H](N)C(=O)Nc1ccccc1CN1CCOCC1. The van der Waals surface area contributed by atoms with E-state index in [2.05, 4.69) is 10.2 Å². The standard InChI is InChI=1S/C14H21N3O2/c1-11(15)14(18)16-13-5-3-2-4-12(13)10-17-6-8-19-9-7-17/h2-5,11H,6-10,15H2,1H3,(H,16,18)/t11-/m0/s1. The van der Waals surface area contributed by atoms with Crippen molar-refractivity contribution in [3.8, 4) is 0 Å². The number of nitrogens with two attached hydrogens (primary N) is 1. The van der Waals surface area contributed by atoms with Crippen LogP contribution in [0.15, 0.2) is 24.3 Å². The average molecular weight is 263 g/mol.